The summed E-state index contributed by atoms with van der Waals surface area (Å²) >= 11 is 2.99. The maximum absolute atomic E-state index is 12.6. The number of hydrogen-bond donors (Lipinski definition) is 2. The predicted octanol–water partition coefficient (Wildman–Crippen LogP) is 4.08. The number of amides is 2. The van der Waals surface area contributed by atoms with E-state index in [2.05, 4.69) is 17.6 Å². The van der Waals surface area contributed by atoms with Crippen molar-refractivity contribution in [2.24, 2.45) is 5.92 Å². The van der Waals surface area contributed by atoms with E-state index in [1.165, 1.54) is 28.2 Å². The molecule has 1 unspecified atom stereocenters. The molecule has 2 aromatic rings. The van der Waals surface area contributed by atoms with E-state index in [-0.39, 0.29) is 11.8 Å². The van der Waals surface area contributed by atoms with Crippen LogP contribution in [-0.2, 0) is 12.8 Å². The van der Waals surface area contributed by atoms with Gasteiger partial charge < -0.3 is 10.6 Å². The van der Waals surface area contributed by atoms with Crippen molar-refractivity contribution >= 4 is 39.5 Å². The molecule has 4 nitrogen and oxygen atoms in total. The number of fused-ring (bicyclic) bond motifs is 1. The standard InChI is InChI=1S/C18H20N2O2S2/c1-10-2-5-14-11(8-10)9-15(24-14)17(22)20-18-13(6-7-23-18)16(21)19-12-3-4-12/h6-7,9-10,12H,2-5,8H2,1H3,(H,19,21)(H,20,22). The van der Waals surface area contributed by atoms with Crippen molar-refractivity contribution in [3.05, 3.63) is 38.4 Å². The Morgan fingerprint density at radius 3 is 2.83 bits per heavy atom. The predicted molar refractivity (Wildman–Crippen MR) is 98.3 cm³/mol. The fraction of sp³-hybridized carbons (Fsp3) is 0.444. The summed E-state index contributed by atoms with van der Waals surface area (Å²) in [6.45, 7) is 2.26. The highest BCUT2D eigenvalue weighted by Crippen LogP contribution is 2.33. The van der Waals surface area contributed by atoms with E-state index in [9.17, 15) is 9.59 Å². The van der Waals surface area contributed by atoms with Crippen LogP contribution >= 0.6 is 22.7 Å². The molecule has 0 spiro atoms. The quantitative estimate of drug-likeness (QED) is 0.863. The van der Waals surface area contributed by atoms with E-state index >= 15 is 0 Å². The Kier molecular flexibility index (Phi) is 4.18. The summed E-state index contributed by atoms with van der Waals surface area (Å²) in [5.74, 6) is 0.497. The smallest absolute Gasteiger partial charge is 0.266 e. The molecular weight excluding hydrogens is 340 g/mol. The number of carbonyl (C=O) groups excluding carboxylic acids is 2. The molecule has 4 rings (SSSR count). The van der Waals surface area contributed by atoms with Gasteiger partial charge in [-0.2, -0.15) is 0 Å². The third-order valence-corrected chi connectivity index (χ3v) is 6.67. The second-order valence-electron chi connectivity index (χ2n) is 6.77. The molecule has 2 N–H and O–H groups in total. The molecule has 1 saturated carbocycles. The topological polar surface area (TPSA) is 58.2 Å². The Labute approximate surface area is 149 Å². The van der Waals surface area contributed by atoms with Crippen LogP contribution in [0, 0.1) is 5.92 Å². The first kappa shape index (κ1) is 15.8. The molecule has 2 aliphatic carbocycles. The minimum Gasteiger partial charge on any atom is -0.349 e. The Hall–Kier alpha value is -1.66. The van der Waals surface area contributed by atoms with Gasteiger partial charge in [-0.05, 0) is 61.1 Å². The molecule has 1 fully saturated rings. The van der Waals surface area contributed by atoms with Gasteiger partial charge in [0.1, 0.15) is 5.00 Å². The van der Waals surface area contributed by atoms with Gasteiger partial charge in [0.25, 0.3) is 11.8 Å². The summed E-state index contributed by atoms with van der Waals surface area (Å²) in [4.78, 5) is 26.9. The first-order chi connectivity index (χ1) is 11.6. The lowest BCUT2D eigenvalue weighted by Crippen LogP contribution is -2.26. The number of rotatable bonds is 4. The first-order valence-corrected chi connectivity index (χ1v) is 10.1. The minimum absolute atomic E-state index is 0.0895. The van der Waals surface area contributed by atoms with Crippen molar-refractivity contribution in [3.63, 3.8) is 0 Å². The van der Waals surface area contributed by atoms with Crippen LogP contribution < -0.4 is 10.6 Å². The van der Waals surface area contributed by atoms with Gasteiger partial charge >= 0.3 is 0 Å². The molecule has 0 saturated heterocycles. The van der Waals surface area contributed by atoms with Gasteiger partial charge in [-0.1, -0.05) is 6.92 Å². The van der Waals surface area contributed by atoms with Crippen molar-refractivity contribution in [1.29, 1.82) is 0 Å². The molecule has 2 aromatic heterocycles. The second kappa shape index (κ2) is 6.33. The van der Waals surface area contributed by atoms with Crippen LogP contribution in [0.2, 0.25) is 0 Å². The molecule has 0 aromatic carbocycles. The van der Waals surface area contributed by atoms with E-state index in [1.54, 1.807) is 17.4 Å². The molecule has 0 bridgehead atoms. The largest absolute Gasteiger partial charge is 0.349 e. The van der Waals surface area contributed by atoms with Gasteiger partial charge in [0, 0.05) is 10.9 Å². The van der Waals surface area contributed by atoms with Crippen molar-refractivity contribution < 1.29 is 9.59 Å². The van der Waals surface area contributed by atoms with Gasteiger partial charge in [0.05, 0.1) is 10.4 Å². The van der Waals surface area contributed by atoms with Crippen LogP contribution in [0.1, 0.15) is 56.7 Å². The Morgan fingerprint density at radius 2 is 2.04 bits per heavy atom. The third-order valence-electron chi connectivity index (χ3n) is 4.60. The molecule has 6 heteroatoms. The lowest BCUT2D eigenvalue weighted by molar-refractivity contribution is 0.0952. The monoisotopic (exact) mass is 360 g/mol. The van der Waals surface area contributed by atoms with Crippen molar-refractivity contribution in [2.45, 2.75) is 45.1 Å². The van der Waals surface area contributed by atoms with E-state index in [0.717, 1.165) is 30.6 Å². The lowest BCUT2D eigenvalue weighted by atomic mass is 9.90. The molecule has 1 atom stereocenters. The highest BCUT2D eigenvalue weighted by atomic mass is 32.1. The van der Waals surface area contributed by atoms with Gasteiger partial charge in [-0.3, -0.25) is 9.59 Å². The summed E-state index contributed by atoms with van der Waals surface area (Å²) in [5.41, 5.74) is 1.89. The molecule has 2 aliphatic rings. The minimum atomic E-state index is -0.107. The summed E-state index contributed by atoms with van der Waals surface area (Å²) in [7, 11) is 0. The number of nitrogens with one attached hydrogen (secondary N) is 2. The SMILES string of the molecule is CC1CCc2sc(C(=O)Nc3sccc3C(=O)NC3CC3)cc2C1. The van der Waals surface area contributed by atoms with Gasteiger partial charge in [-0.25, -0.2) is 0 Å². The lowest BCUT2D eigenvalue weighted by Gasteiger charge is -2.16. The first-order valence-electron chi connectivity index (χ1n) is 8.41. The van der Waals surface area contributed by atoms with Crippen LogP contribution in [0.4, 0.5) is 5.00 Å². The summed E-state index contributed by atoms with van der Waals surface area (Å²) < 4.78 is 0. The molecule has 2 heterocycles. The van der Waals surface area contributed by atoms with Crippen LogP contribution in [-0.4, -0.2) is 17.9 Å². The van der Waals surface area contributed by atoms with Gasteiger partial charge in [0.2, 0.25) is 0 Å². The third kappa shape index (κ3) is 3.26. The fourth-order valence-corrected chi connectivity index (χ4v) is 4.94. The zero-order valence-corrected chi connectivity index (χ0v) is 15.2. The van der Waals surface area contributed by atoms with E-state index in [1.807, 2.05) is 11.4 Å². The maximum Gasteiger partial charge on any atom is 0.266 e. The number of carbonyl (C=O) groups is 2. The molecule has 0 radical (unpaired) electrons. The number of aryl methyl sites for hydroxylation is 1. The van der Waals surface area contributed by atoms with Crippen LogP contribution in [0.25, 0.3) is 0 Å². The van der Waals surface area contributed by atoms with Crippen LogP contribution in [0.3, 0.4) is 0 Å². The fourth-order valence-electron chi connectivity index (χ4n) is 3.06. The molecule has 24 heavy (non-hydrogen) atoms. The maximum atomic E-state index is 12.6. The zero-order valence-electron chi connectivity index (χ0n) is 13.6. The highest BCUT2D eigenvalue weighted by molar-refractivity contribution is 7.15. The summed E-state index contributed by atoms with van der Waals surface area (Å²) in [6, 6.07) is 4.12. The van der Waals surface area contributed by atoms with Crippen LogP contribution in [0.5, 0.6) is 0 Å². The number of hydrogen-bond acceptors (Lipinski definition) is 4. The number of anilines is 1. The van der Waals surface area contributed by atoms with E-state index < -0.39 is 0 Å². The molecule has 126 valence electrons. The van der Waals surface area contributed by atoms with E-state index in [4.69, 9.17) is 0 Å². The van der Waals surface area contributed by atoms with Crippen molar-refractivity contribution in [1.82, 2.24) is 5.32 Å². The zero-order chi connectivity index (χ0) is 16.7. The van der Waals surface area contributed by atoms with E-state index in [0.29, 0.717) is 22.5 Å². The second-order valence-corrected chi connectivity index (χ2v) is 8.83. The summed E-state index contributed by atoms with van der Waals surface area (Å²) in [5, 5.41) is 8.39. The van der Waals surface area contributed by atoms with Gasteiger partial charge in [-0.15, -0.1) is 22.7 Å². The van der Waals surface area contributed by atoms with Gasteiger partial charge in [0.15, 0.2) is 0 Å². The highest BCUT2D eigenvalue weighted by Gasteiger charge is 2.26. The molecular formula is C18H20N2O2S2. The Morgan fingerprint density at radius 1 is 1.21 bits per heavy atom. The molecule has 2 amide bonds. The van der Waals surface area contributed by atoms with Crippen molar-refractivity contribution in [3.8, 4) is 0 Å². The van der Waals surface area contributed by atoms with Crippen molar-refractivity contribution in [2.75, 3.05) is 5.32 Å². The normalized spacial score (nSPS) is 19.6. The number of thiophene rings is 2. The summed E-state index contributed by atoms with van der Waals surface area (Å²) in [6.07, 6.45) is 5.44. The van der Waals surface area contributed by atoms with Crippen LogP contribution in [0.15, 0.2) is 17.5 Å². The Balaban J connectivity index is 1.48. The molecule has 0 aliphatic heterocycles. The Bertz CT molecular complexity index is 789. The average molecular weight is 361 g/mol. The average Bonchev–Trinajstić information content (AvgIpc) is 3.08.